The van der Waals surface area contributed by atoms with Crippen LogP contribution in [0.3, 0.4) is 0 Å². The van der Waals surface area contributed by atoms with Crippen LogP contribution in [0.5, 0.6) is 5.75 Å². The van der Waals surface area contributed by atoms with Crippen LogP contribution in [0.1, 0.15) is 12.5 Å². The highest BCUT2D eigenvalue weighted by Gasteiger charge is 2.33. The Morgan fingerprint density at radius 1 is 1.07 bits per heavy atom. The molecule has 1 aliphatic rings. The van der Waals surface area contributed by atoms with Gasteiger partial charge in [0.1, 0.15) is 10.3 Å². The lowest BCUT2D eigenvalue weighted by Gasteiger charge is -2.13. The van der Waals surface area contributed by atoms with Gasteiger partial charge in [0.2, 0.25) is 4.96 Å². The molecule has 0 N–H and O–H groups in total. The zero-order valence-electron chi connectivity index (χ0n) is 15.7. The number of anilines is 1. The van der Waals surface area contributed by atoms with Crippen LogP contribution in [-0.4, -0.2) is 34.2 Å². The first kappa shape index (κ1) is 17.6. The van der Waals surface area contributed by atoms with Gasteiger partial charge in [0.15, 0.2) is 5.82 Å². The third kappa shape index (κ3) is 2.56. The largest absolute Gasteiger partial charge is 0.497 e. The predicted molar refractivity (Wildman–Crippen MR) is 111 cm³/mol. The zero-order valence-corrected chi connectivity index (χ0v) is 16.6. The summed E-state index contributed by atoms with van der Waals surface area (Å²) in [6.45, 7) is 2.45. The first-order valence-electron chi connectivity index (χ1n) is 9.12. The van der Waals surface area contributed by atoms with Crippen LogP contribution in [-0.2, 0) is 4.79 Å². The fraction of sp³-hybridized carbons (Fsp3) is 0.143. The number of nitrogens with zero attached hydrogens (tertiary/aromatic N) is 4. The molecule has 8 heteroatoms. The molecule has 0 aliphatic carbocycles. The number of hydrogen-bond donors (Lipinski definition) is 0. The Hall–Kier alpha value is -3.52. The van der Waals surface area contributed by atoms with Crippen LogP contribution < -0.4 is 19.7 Å². The molecule has 5 rings (SSSR count). The van der Waals surface area contributed by atoms with Gasteiger partial charge in [0, 0.05) is 17.7 Å². The number of rotatable bonds is 3. The maximum absolute atomic E-state index is 13.1. The van der Waals surface area contributed by atoms with Gasteiger partial charge in [0.05, 0.1) is 18.4 Å². The van der Waals surface area contributed by atoms with E-state index in [2.05, 4.69) is 10.1 Å². The Balaban J connectivity index is 1.69. The highest BCUT2D eigenvalue weighted by molar-refractivity contribution is 7.15. The van der Waals surface area contributed by atoms with Crippen LogP contribution >= 0.6 is 11.3 Å². The summed E-state index contributed by atoms with van der Waals surface area (Å²) < 4.78 is 6.81. The summed E-state index contributed by atoms with van der Waals surface area (Å²) in [5.41, 5.74) is 2.49. The number of benzene rings is 2. The molecule has 0 spiro atoms. The molecule has 7 nitrogen and oxygen atoms in total. The van der Waals surface area contributed by atoms with Gasteiger partial charge in [-0.1, -0.05) is 29.5 Å². The predicted octanol–water partition coefficient (Wildman–Crippen LogP) is 2.11. The second-order valence-corrected chi connectivity index (χ2v) is 7.51. The first-order chi connectivity index (χ1) is 14.1. The lowest BCUT2D eigenvalue weighted by Crippen LogP contribution is -2.32. The quantitative estimate of drug-likeness (QED) is 0.523. The van der Waals surface area contributed by atoms with E-state index in [1.165, 1.54) is 15.9 Å². The van der Waals surface area contributed by atoms with E-state index in [1.807, 2.05) is 55.5 Å². The highest BCUT2D eigenvalue weighted by Crippen LogP contribution is 2.34. The van der Waals surface area contributed by atoms with Gasteiger partial charge in [-0.15, -0.1) is 5.10 Å². The summed E-state index contributed by atoms with van der Waals surface area (Å²) in [7, 11) is 1.60. The molecule has 2 aromatic carbocycles. The minimum atomic E-state index is -0.326. The number of methoxy groups -OCH3 is 1. The Morgan fingerprint density at radius 3 is 2.52 bits per heavy atom. The van der Waals surface area contributed by atoms with E-state index in [1.54, 1.807) is 12.0 Å². The lowest BCUT2D eigenvalue weighted by atomic mass is 10.1. The molecule has 29 heavy (non-hydrogen) atoms. The third-order valence-electron chi connectivity index (χ3n) is 4.97. The second-order valence-electron chi connectivity index (χ2n) is 6.54. The van der Waals surface area contributed by atoms with Gasteiger partial charge in [-0.05, 0) is 37.3 Å². The topological polar surface area (TPSA) is 76.8 Å². The number of para-hydroxylation sites is 1. The van der Waals surface area contributed by atoms with Crippen molar-refractivity contribution in [1.29, 1.82) is 0 Å². The average molecular weight is 404 g/mol. The number of thiazole rings is 1. The Morgan fingerprint density at radius 2 is 1.83 bits per heavy atom. The van der Waals surface area contributed by atoms with Crippen LogP contribution in [0.25, 0.3) is 21.9 Å². The monoisotopic (exact) mass is 404 g/mol. The molecule has 0 bridgehead atoms. The summed E-state index contributed by atoms with van der Waals surface area (Å²) in [6, 6.07) is 14.8. The van der Waals surface area contributed by atoms with Crippen molar-refractivity contribution in [2.45, 2.75) is 6.92 Å². The van der Waals surface area contributed by atoms with Crippen molar-refractivity contribution in [3.63, 3.8) is 0 Å². The Bertz CT molecular complexity index is 1370. The van der Waals surface area contributed by atoms with Gasteiger partial charge < -0.3 is 9.64 Å². The summed E-state index contributed by atoms with van der Waals surface area (Å²) in [4.78, 5) is 32.7. The van der Waals surface area contributed by atoms with Crippen molar-refractivity contribution in [2.24, 2.45) is 0 Å². The molecule has 0 unspecified atom stereocenters. The number of hydrogen-bond acceptors (Lipinski definition) is 6. The number of amides is 1. The summed E-state index contributed by atoms with van der Waals surface area (Å²) in [5.74, 6) is 1.03. The summed E-state index contributed by atoms with van der Waals surface area (Å²) in [5, 5.41) is 4.37. The van der Waals surface area contributed by atoms with Crippen molar-refractivity contribution in [3.8, 4) is 17.1 Å². The van der Waals surface area contributed by atoms with E-state index < -0.39 is 0 Å². The van der Waals surface area contributed by atoms with E-state index in [0.717, 1.165) is 22.6 Å². The molecule has 0 saturated carbocycles. The van der Waals surface area contributed by atoms with Gasteiger partial charge in [0.25, 0.3) is 11.5 Å². The number of carbonyl (C=O) groups is 1. The van der Waals surface area contributed by atoms with Gasteiger partial charge in [-0.2, -0.15) is 9.50 Å². The maximum Gasteiger partial charge on any atom is 0.291 e. The van der Waals surface area contributed by atoms with E-state index in [-0.39, 0.29) is 11.5 Å². The smallest absolute Gasteiger partial charge is 0.291 e. The number of fused-ring (bicyclic) bond motifs is 2. The van der Waals surface area contributed by atoms with E-state index >= 15 is 0 Å². The fourth-order valence-corrected chi connectivity index (χ4v) is 4.56. The minimum absolute atomic E-state index is 0.161. The van der Waals surface area contributed by atoms with Crippen LogP contribution in [0.2, 0.25) is 0 Å². The van der Waals surface area contributed by atoms with Gasteiger partial charge >= 0.3 is 0 Å². The summed E-state index contributed by atoms with van der Waals surface area (Å²) >= 11 is 1.19. The average Bonchev–Trinajstić information content (AvgIpc) is 3.38. The Kier molecular flexibility index (Phi) is 3.95. The molecule has 144 valence electrons. The molecule has 4 aromatic rings. The molecule has 0 atom stereocenters. The SMILES string of the molecule is CCN1C(=O)/C(=c2/sc3nc(-c4ccc(OC)cc4)nn3c2=O)c2ccccc21. The lowest BCUT2D eigenvalue weighted by molar-refractivity contribution is -0.113. The molecule has 0 radical (unpaired) electrons. The number of likely N-dealkylation sites (N-methyl/N-ethyl adjacent to an activating group) is 1. The van der Waals surface area contributed by atoms with E-state index in [9.17, 15) is 9.59 Å². The van der Waals surface area contributed by atoms with Crippen molar-refractivity contribution in [1.82, 2.24) is 14.6 Å². The standard InChI is InChI=1S/C21H16N4O3S/c1-3-24-15-7-5-4-6-14(15)16(19(24)26)17-20(27)25-21(29-17)22-18(23-25)12-8-10-13(28-2)11-9-12/h4-11H,3H2,1-2H3/b17-16+. The highest BCUT2D eigenvalue weighted by atomic mass is 32.1. The van der Waals surface area contributed by atoms with E-state index in [0.29, 0.717) is 27.4 Å². The van der Waals surface area contributed by atoms with Crippen molar-refractivity contribution in [2.75, 3.05) is 18.6 Å². The molecule has 3 heterocycles. The Labute approximate surface area is 169 Å². The fourth-order valence-electron chi connectivity index (χ4n) is 3.56. The van der Waals surface area contributed by atoms with Gasteiger partial charge in [-0.3, -0.25) is 9.59 Å². The van der Waals surface area contributed by atoms with Crippen molar-refractivity contribution < 1.29 is 9.53 Å². The van der Waals surface area contributed by atoms with Gasteiger partial charge in [-0.25, -0.2) is 0 Å². The van der Waals surface area contributed by atoms with Crippen molar-refractivity contribution >= 4 is 33.5 Å². The normalized spacial score (nSPS) is 15.2. The van der Waals surface area contributed by atoms with Crippen LogP contribution in [0.4, 0.5) is 5.69 Å². The minimum Gasteiger partial charge on any atom is -0.497 e. The second kappa shape index (κ2) is 6.52. The molecule has 1 amide bonds. The summed E-state index contributed by atoms with van der Waals surface area (Å²) in [6.07, 6.45) is 0. The molecule has 1 aliphatic heterocycles. The molecule has 0 fully saturated rings. The molecule has 0 saturated heterocycles. The number of ether oxygens (including phenoxy) is 1. The third-order valence-corrected chi connectivity index (χ3v) is 6.00. The van der Waals surface area contributed by atoms with Crippen LogP contribution in [0.15, 0.2) is 53.3 Å². The number of aromatic nitrogens is 3. The molecular weight excluding hydrogens is 388 g/mol. The molecule has 2 aromatic heterocycles. The number of carbonyl (C=O) groups excluding carboxylic acids is 1. The van der Waals surface area contributed by atoms with Crippen molar-refractivity contribution in [3.05, 3.63) is 69.0 Å². The maximum atomic E-state index is 13.1. The van der Waals surface area contributed by atoms with E-state index in [4.69, 9.17) is 4.74 Å². The zero-order chi connectivity index (χ0) is 20.1. The van der Waals surface area contributed by atoms with Crippen LogP contribution in [0, 0.1) is 0 Å². The first-order valence-corrected chi connectivity index (χ1v) is 9.93. The molecular formula is C21H16N4O3S.